The summed E-state index contributed by atoms with van der Waals surface area (Å²) in [6.07, 6.45) is 2.43. The molecule has 1 saturated heterocycles. The molecule has 1 aliphatic rings. The molecule has 1 aliphatic heterocycles. The van der Waals surface area contributed by atoms with E-state index in [1.54, 1.807) is 29.1 Å². The van der Waals surface area contributed by atoms with Crippen molar-refractivity contribution in [2.24, 2.45) is 12.8 Å². The second-order valence-electron chi connectivity index (χ2n) is 11.0. The summed E-state index contributed by atoms with van der Waals surface area (Å²) in [6, 6.07) is 15.3. The summed E-state index contributed by atoms with van der Waals surface area (Å²) in [5.41, 5.74) is 10.5. The van der Waals surface area contributed by atoms with Gasteiger partial charge in [-0.2, -0.15) is 5.10 Å². The smallest absolute Gasteiger partial charge is 0.281 e. The molecule has 2 aromatic carbocycles. The summed E-state index contributed by atoms with van der Waals surface area (Å²) in [7, 11) is 1.79. The molecule has 0 aliphatic carbocycles. The number of aliphatic hydroxyl groups is 1. The summed E-state index contributed by atoms with van der Waals surface area (Å²) in [5.74, 6) is -0.217. The van der Waals surface area contributed by atoms with Crippen molar-refractivity contribution >= 4 is 47.2 Å². The number of nitrogens with two attached hydrogens (primary N) is 1. The van der Waals surface area contributed by atoms with Crippen molar-refractivity contribution in [1.29, 1.82) is 0 Å². The normalized spacial score (nSPS) is 14.8. The number of rotatable bonds is 7. The molecule has 0 bridgehead atoms. The third kappa shape index (κ3) is 6.69. The fraction of sp³-hybridized carbons (Fsp3) is 0.323. The van der Waals surface area contributed by atoms with Crippen LogP contribution in [0.15, 0.2) is 65.0 Å². The summed E-state index contributed by atoms with van der Waals surface area (Å²) >= 11 is 1.61. The van der Waals surface area contributed by atoms with Gasteiger partial charge in [-0.25, -0.2) is 9.37 Å². The third-order valence-electron chi connectivity index (χ3n) is 7.99. The lowest BCUT2D eigenvalue weighted by molar-refractivity contribution is -0.0366. The lowest BCUT2D eigenvalue weighted by Gasteiger charge is -2.38. The van der Waals surface area contributed by atoms with Crippen LogP contribution in [0.2, 0.25) is 0 Å². The van der Waals surface area contributed by atoms with E-state index in [9.17, 15) is 14.3 Å². The highest BCUT2D eigenvalue weighted by atomic mass is 35.5. The predicted molar refractivity (Wildman–Crippen MR) is 175 cm³/mol. The Morgan fingerprint density at radius 3 is 2.37 bits per heavy atom. The molecule has 5 aromatic rings. The molecule has 3 aromatic heterocycles. The Morgan fingerprint density at radius 1 is 1.05 bits per heavy atom. The number of hydrogen-bond donors (Lipinski definition) is 2. The molecule has 0 amide bonds. The molecule has 0 spiro atoms. The second-order valence-corrected chi connectivity index (χ2v) is 12.0. The van der Waals surface area contributed by atoms with E-state index in [2.05, 4.69) is 26.4 Å². The van der Waals surface area contributed by atoms with E-state index in [-0.39, 0.29) is 48.3 Å². The minimum atomic E-state index is -1.06. The Balaban J connectivity index is 0.00000212. The molecule has 0 unspecified atom stereocenters. The Kier molecular flexibility index (Phi) is 10.1. The Labute approximate surface area is 265 Å². The van der Waals surface area contributed by atoms with Gasteiger partial charge in [0, 0.05) is 49.2 Å². The molecule has 1 fully saturated rings. The Bertz CT molecular complexity index is 1780. The van der Waals surface area contributed by atoms with Gasteiger partial charge in [-0.05, 0) is 54.0 Å². The highest BCUT2D eigenvalue weighted by molar-refractivity contribution is 7.13. The van der Waals surface area contributed by atoms with Gasteiger partial charge in [0.05, 0.1) is 24.2 Å². The molecule has 0 saturated carbocycles. The van der Waals surface area contributed by atoms with Crippen LogP contribution in [0, 0.1) is 12.7 Å². The van der Waals surface area contributed by atoms with Gasteiger partial charge in [0.25, 0.3) is 5.56 Å². The van der Waals surface area contributed by atoms with Gasteiger partial charge in [0.15, 0.2) is 5.52 Å². The number of hydrogen-bond acceptors (Lipinski definition) is 7. The van der Waals surface area contributed by atoms with Crippen molar-refractivity contribution in [1.82, 2.24) is 24.2 Å². The van der Waals surface area contributed by atoms with E-state index >= 15 is 0 Å². The first-order valence-corrected chi connectivity index (χ1v) is 14.6. The highest BCUT2D eigenvalue weighted by Gasteiger charge is 2.33. The zero-order chi connectivity index (χ0) is 28.7. The quantitative estimate of drug-likeness (QED) is 0.249. The molecule has 6 rings (SSSR count). The highest BCUT2D eigenvalue weighted by Crippen LogP contribution is 2.30. The number of likely N-dealkylation sites (tertiary alicyclic amines) is 1. The van der Waals surface area contributed by atoms with E-state index in [0.717, 1.165) is 27.3 Å². The number of thiophene rings is 1. The average molecular weight is 646 g/mol. The Morgan fingerprint density at radius 2 is 1.74 bits per heavy atom. The van der Waals surface area contributed by atoms with E-state index in [4.69, 9.17) is 5.73 Å². The van der Waals surface area contributed by atoms with Crippen LogP contribution in [0.1, 0.15) is 29.5 Å². The van der Waals surface area contributed by atoms with Crippen molar-refractivity contribution in [2.75, 3.05) is 13.1 Å². The van der Waals surface area contributed by atoms with Crippen LogP contribution in [0.25, 0.3) is 32.7 Å². The topological polar surface area (TPSA) is 102 Å². The van der Waals surface area contributed by atoms with Crippen LogP contribution in [-0.2, 0) is 26.7 Å². The lowest BCUT2D eigenvalue weighted by Crippen LogP contribution is -2.47. The van der Waals surface area contributed by atoms with Crippen molar-refractivity contribution in [3.8, 4) is 21.7 Å². The minimum absolute atomic E-state index is 0. The first-order valence-electron chi connectivity index (χ1n) is 13.7. The minimum Gasteiger partial charge on any atom is -0.388 e. The number of piperidine rings is 1. The van der Waals surface area contributed by atoms with Crippen LogP contribution in [0.4, 0.5) is 4.39 Å². The number of aryl methyl sites for hydroxylation is 2. The van der Waals surface area contributed by atoms with E-state index < -0.39 is 5.60 Å². The fourth-order valence-corrected chi connectivity index (χ4v) is 6.48. The molecule has 228 valence electrons. The molecular weight excluding hydrogens is 610 g/mol. The van der Waals surface area contributed by atoms with Crippen LogP contribution in [0.5, 0.6) is 0 Å². The van der Waals surface area contributed by atoms with Gasteiger partial charge in [-0.1, -0.05) is 36.4 Å². The molecule has 0 radical (unpaired) electrons. The second kappa shape index (κ2) is 13.3. The van der Waals surface area contributed by atoms with E-state index in [1.807, 2.05) is 43.3 Å². The molecule has 0 atom stereocenters. The number of benzene rings is 2. The Hall–Kier alpha value is -3.12. The number of halogens is 3. The summed E-state index contributed by atoms with van der Waals surface area (Å²) in [6.45, 7) is 4.28. The maximum Gasteiger partial charge on any atom is 0.281 e. The van der Waals surface area contributed by atoms with Crippen molar-refractivity contribution in [3.63, 3.8) is 0 Å². The zero-order valence-corrected chi connectivity index (χ0v) is 26.4. The van der Waals surface area contributed by atoms with Crippen LogP contribution in [0.3, 0.4) is 0 Å². The van der Waals surface area contributed by atoms with Gasteiger partial charge < -0.3 is 10.8 Å². The maximum absolute atomic E-state index is 15.0. The maximum atomic E-state index is 15.0. The predicted octanol–water partition coefficient (Wildman–Crippen LogP) is 5.30. The van der Waals surface area contributed by atoms with Crippen molar-refractivity contribution in [2.45, 2.75) is 45.0 Å². The van der Waals surface area contributed by atoms with Crippen molar-refractivity contribution in [3.05, 3.63) is 93.1 Å². The van der Waals surface area contributed by atoms with E-state index in [1.165, 1.54) is 16.5 Å². The monoisotopic (exact) mass is 644 g/mol. The molecule has 8 nitrogen and oxygen atoms in total. The summed E-state index contributed by atoms with van der Waals surface area (Å²) in [5, 5.41) is 17.9. The van der Waals surface area contributed by atoms with Gasteiger partial charge in [-0.3, -0.25) is 18.9 Å². The van der Waals surface area contributed by atoms with Crippen LogP contribution in [-0.4, -0.2) is 48.0 Å². The fourth-order valence-electron chi connectivity index (χ4n) is 5.58. The molecule has 12 heteroatoms. The summed E-state index contributed by atoms with van der Waals surface area (Å²) < 4.78 is 18.1. The standard InChI is InChI=1S/C31H33FN6O2S.2ClH/c1-20-13-26(41-17-20)23-7-8-24(25(32)14-23)16-37-11-9-31(40,10-12-37)18-38-19-34-27-28(30(38)39)35-36(2)29(27)22-5-3-21(15-33)4-6-22;;/h3-8,13-14,17,19,40H,9-12,15-16,18,33H2,1-2H3;2*1H. The number of fused-ring (bicyclic) bond motifs is 1. The van der Waals surface area contributed by atoms with Crippen LogP contribution < -0.4 is 11.3 Å². The summed E-state index contributed by atoms with van der Waals surface area (Å²) in [4.78, 5) is 21.2. The van der Waals surface area contributed by atoms with Gasteiger partial charge in [0.2, 0.25) is 0 Å². The average Bonchev–Trinajstić information content (AvgIpc) is 3.55. The first-order chi connectivity index (χ1) is 19.7. The largest absolute Gasteiger partial charge is 0.388 e. The van der Waals surface area contributed by atoms with Crippen LogP contribution >= 0.6 is 36.2 Å². The number of aromatic nitrogens is 4. The van der Waals surface area contributed by atoms with Gasteiger partial charge in [0.1, 0.15) is 11.3 Å². The van der Waals surface area contributed by atoms with Gasteiger partial charge in [-0.15, -0.1) is 36.2 Å². The first kappa shape index (κ1) is 32.8. The molecule has 43 heavy (non-hydrogen) atoms. The molecular formula is C31H35Cl2FN6O2S. The molecule has 4 heterocycles. The van der Waals surface area contributed by atoms with Crippen molar-refractivity contribution < 1.29 is 9.50 Å². The molecule has 3 N–H and O–H groups in total. The zero-order valence-electron chi connectivity index (χ0n) is 24.0. The lowest BCUT2D eigenvalue weighted by atomic mass is 9.91. The SMILES string of the molecule is Cc1csc(-c2ccc(CN3CCC(O)(Cn4cnc5c(-c6ccc(CN)cc6)n(C)nc5c4=O)CC3)c(F)c2)c1.Cl.Cl. The van der Waals surface area contributed by atoms with E-state index in [0.29, 0.717) is 50.1 Å². The third-order valence-corrected chi connectivity index (χ3v) is 9.09. The van der Waals surface area contributed by atoms with Gasteiger partial charge >= 0.3 is 0 Å². The number of nitrogens with zero attached hydrogens (tertiary/aromatic N) is 5.